The normalized spacial score (nSPS) is 20.4. The molecular formula is C15H23N3O2. The molecule has 1 aromatic carbocycles. The summed E-state index contributed by atoms with van der Waals surface area (Å²) in [5.41, 5.74) is 2.11. The van der Waals surface area contributed by atoms with E-state index in [2.05, 4.69) is 17.1 Å². The predicted octanol–water partition coefficient (Wildman–Crippen LogP) is 3.19. The molecular weight excluding hydrogens is 254 g/mol. The average molecular weight is 277 g/mol. The third-order valence-corrected chi connectivity index (χ3v) is 4.06. The van der Waals surface area contributed by atoms with E-state index >= 15 is 0 Å². The largest absolute Gasteiger partial charge is 0.382 e. The van der Waals surface area contributed by atoms with Gasteiger partial charge in [0.2, 0.25) is 0 Å². The summed E-state index contributed by atoms with van der Waals surface area (Å²) in [5.74, 6) is 0. The highest BCUT2D eigenvalue weighted by Gasteiger charge is 2.17. The third kappa shape index (κ3) is 3.70. The summed E-state index contributed by atoms with van der Waals surface area (Å²) in [6, 6.07) is 5.44. The topological polar surface area (TPSA) is 58.4 Å². The van der Waals surface area contributed by atoms with E-state index in [1.807, 2.05) is 13.0 Å². The van der Waals surface area contributed by atoms with E-state index in [0.717, 1.165) is 43.7 Å². The van der Waals surface area contributed by atoms with Gasteiger partial charge < -0.3 is 10.2 Å². The molecule has 0 saturated carbocycles. The van der Waals surface area contributed by atoms with E-state index in [-0.39, 0.29) is 10.6 Å². The van der Waals surface area contributed by atoms with Gasteiger partial charge in [-0.2, -0.15) is 0 Å². The number of hydrogen-bond donors (Lipinski definition) is 1. The Labute approximate surface area is 120 Å². The summed E-state index contributed by atoms with van der Waals surface area (Å²) in [6.07, 6.45) is 3.40. The Hall–Kier alpha value is -1.62. The first-order valence-electron chi connectivity index (χ1n) is 7.34. The van der Waals surface area contributed by atoms with E-state index in [4.69, 9.17) is 0 Å². The number of nitrogens with one attached hydrogen (secondary N) is 1. The molecule has 0 aliphatic carbocycles. The van der Waals surface area contributed by atoms with Crippen LogP contribution < -0.4 is 5.32 Å². The van der Waals surface area contributed by atoms with Crippen LogP contribution in [0.1, 0.15) is 31.7 Å². The number of anilines is 1. The maximum Gasteiger partial charge on any atom is 0.271 e. The van der Waals surface area contributed by atoms with Crippen molar-refractivity contribution in [2.24, 2.45) is 0 Å². The van der Waals surface area contributed by atoms with Gasteiger partial charge in [0.15, 0.2) is 0 Å². The van der Waals surface area contributed by atoms with Gasteiger partial charge in [0.1, 0.15) is 0 Å². The molecule has 1 aromatic rings. The van der Waals surface area contributed by atoms with Crippen molar-refractivity contribution in [1.29, 1.82) is 0 Å². The molecule has 1 N–H and O–H groups in total. The summed E-state index contributed by atoms with van der Waals surface area (Å²) < 4.78 is 0. The Kier molecular flexibility index (Phi) is 4.95. The minimum atomic E-state index is -0.337. The fourth-order valence-corrected chi connectivity index (χ4v) is 2.72. The van der Waals surface area contributed by atoms with Crippen LogP contribution in [0.3, 0.4) is 0 Å². The lowest BCUT2D eigenvalue weighted by atomic mass is 10.1. The Morgan fingerprint density at radius 3 is 2.90 bits per heavy atom. The van der Waals surface area contributed by atoms with E-state index < -0.39 is 0 Å². The molecule has 0 bridgehead atoms. The van der Waals surface area contributed by atoms with Crippen LogP contribution in [0.15, 0.2) is 18.2 Å². The highest BCUT2D eigenvalue weighted by molar-refractivity contribution is 5.57. The molecule has 20 heavy (non-hydrogen) atoms. The minimum absolute atomic E-state index is 0.155. The van der Waals surface area contributed by atoms with Gasteiger partial charge in [-0.25, -0.2) is 0 Å². The van der Waals surface area contributed by atoms with Crippen molar-refractivity contribution in [3.63, 3.8) is 0 Å². The summed E-state index contributed by atoms with van der Waals surface area (Å²) in [5, 5.41) is 14.4. The molecule has 0 radical (unpaired) electrons. The first-order valence-corrected chi connectivity index (χ1v) is 7.34. The molecule has 0 aromatic heterocycles. The molecule has 1 atom stereocenters. The van der Waals surface area contributed by atoms with Crippen molar-refractivity contribution in [1.82, 2.24) is 4.90 Å². The van der Waals surface area contributed by atoms with Gasteiger partial charge in [-0.1, -0.05) is 13.0 Å². The predicted molar refractivity (Wildman–Crippen MR) is 81.2 cm³/mol. The monoisotopic (exact) mass is 277 g/mol. The maximum atomic E-state index is 10.9. The van der Waals surface area contributed by atoms with Crippen molar-refractivity contribution in [3.8, 4) is 0 Å². The second kappa shape index (κ2) is 6.70. The zero-order valence-electron chi connectivity index (χ0n) is 12.3. The van der Waals surface area contributed by atoms with Crippen molar-refractivity contribution in [2.45, 2.75) is 39.2 Å². The van der Waals surface area contributed by atoms with Crippen LogP contribution in [0, 0.1) is 17.0 Å². The first-order chi connectivity index (χ1) is 9.60. The molecule has 2 rings (SSSR count). The smallest absolute Gasteiger partial charge is 0.271 e. The van der Waals surface area contributed by atoms with Crippen molar-refractivity contribution < 1.29 is 4.92 Å². The van der Waals surface area contributed by atoms with Gasteiger partial charge in [-0.3, -0.25) is 10.1 Å². The highest BCUT2D eigenvalue weighted by Crippen LogP contribution is 2.24. The van der Waals surface area contributed by atoms with Crippen LogP contribution in [0.5, 0.6) is 0 Å². The van der Waals surface area contributed by atoms with E-state index in [1.54, 1.807) is 12.1 Å². The quantitative estimate of drug-likeness (QED) is 0.678. The van der Waals surface area contributed by atoms with Crippen LogP contribution in [0.2, 0.25) is 0 Å². The molecule has 1 aliphatic rings. The third-order valence-electron chi connectivity index (χ3n) is 4.06. The van der Waals surface area contributed by atoms with Crippen molar-refractivity contribution in [2.75, 3.05) is 25.0 Å². The standard InChI is InChI=1S/C15H23N3O2/c1-3-17-9-4-5-13(8-10-17)16-15-11-14(18(19)20)7-6-12(15)2/h6-7,11,13,16H,3-5,8-10H2,1-2H3. The number of nitro groups is 1. The average Bonchev–Trinajstić information content (AvgIpc) is 2.66. The van der Waals surface area contributed by atoms with Gasteiger partial charge in [0, 0.05) is 30.4 Å². The van der Waals surface area contributed by atoms with Gasteiger partial charge in [-0.05, 0) is 44.8 Å². The maximum absolute atomic E-state index is 10.9. The lowest BCUT2D eigenvalue weighted by Crippen LogP contribution is -2.26. The number of rotatable bonds is 4. The van der Waals surface area contributed by atoms with Gasteiger partial charge >= 0.3 is 0 Å². The van der Waals surface area contributed by atoms with Crippen LogP contribution in [0.4, 0.5) is 11.4 Å². The van der Waals surface area contributed by atoms with Crippen molar-refractivity contribution >= 4 is 11.4 Å². The van der Waals surface area contributed by atoms with E-state index in [1.165, 1.54) is 6.42 Å². The van der Waals surface area contributed by atoms with Crippen LogP contribution in [0.25, 0.3) is 0 Å². The minimum Gasteiger partial charge on any atom is -0.382 e. The molecule has 1 aliphatic heterocycles. The van der Waals surface area contributed by atoms with Gasteiger partial charge in [-0.15, -0.1) is 0 Å². The van der Waals surface area contributed by atoms with Crippen molar-refractivity contribution in [3.05, 3.63) is 33.9 Å². The Morgan fingerprint density at radius 1 is 1.40 bits per heavy atom. The summed E-state index contributed by atoms with van der Waals surface area (Å²) in [7, 11) is 0. The molecule has 5 heteroatoms. The van der Waals surface area contributed by atoms with Crippen LogP contribution in [-0.2, 0) is 0 Å². The highest BCUT2D eigenvalue weighted by atomic mass is 16.6. The summed E-state index contributed by atoms with van der Waals surface area (Å²) in [4.78, 5) is 13.0. The number of benzene rings is 1. The number of aryl methyl sites for hydroxylation is 1. The number of nitro benzene ring substituents is 1. The fraction of sp³-hybridized carbons (Fsp3) is 0.600. The van der Waals surface area contributed by atoms with E-state index in [0.29, 0.717) is 6.04 Å². The Balaban J connectivity index is 2.05. The number of likely N-dealkylation sites (tertiary alicyclic amines) is 1. The molecule has 1 saturated heterocycles. The lowest BCUT2D eigenvalue weighted by molar-refractivity contribution is -0.384. The first kappa shape index (κ1) is 14.8. The molecule has 1 unspecified atom stereocenters. The van der Waals surface area contributed by atoms with E-state index in [9.17, 15) is 10.1 Å². The SMILES string of the molecule is CCN1CCCC(Nc2cc([N+](=O)[O-])ccc2C)CC1. The molecule has 0 amide bonds. The molecule has 1 heterocycles. The second-order valence-electron chi connectivity index (χ2n) is 5.46. The Morgan fingerprint density at radius 2 is 2.20 bits per heavy atom. The summed E-state index contributed by atoms with van der Waals surface area (Å²) in [6.45, 7) is 7.53. The zero-order valence-corrected chi connectivity index (χ0v) is 12.3. The number of hydrogen-bond acceptors (Lipinski definition) is 4. The molecule has 110 valence electrons. The van der Waals surface area contributed by atoms with Gasteiger partial charge in [0.05, 0.1) is 4.92 Å². The van der Waals surface area contributed by atoms with Gasteiger partial charge in [0.25, 0.3) is 5.69 Å². The van der Waals surface area contributed by atoms with Crippen LogP contribution in [-0.4, -0.2) is 35.5 Å². The number of non-ortho nitro benzene ring substituents is 1. The zero-order chi connectivity index (χ0) is 14.5. The molecule has 1 fully saturated rings. The fourth-order valence-electron chi connectivity index (χ4n) is 2.72. The Bertz CT molecular complexity index is 476. The lowest BCUT2D eigenvalue weighted by Gasteiger charge is -2.20. The number of nitrogens with zero attached hydrogens (tertiary/aromatic N) is 2. The van der Waals surface area contributed by atoms with Crippen LogP contribution >= 0.6 is 0 Å². The molecule has 5 nitrogen and oxygen atoms in total. The second-order valence-corrected chi connectivity index (χ2v) is 5.46. The molecule has 0 spiro atoms. The summed E-state index contributed by atoms with van der Waals surface area (Å²) >= 11 is 0.